The second-order valence-corrected chi connectivity index (χ2v) is 18.9. The molecule has 0 radical (unpaired) electrons. The molecule has 0 aliphatic rings. The molecule has 0 saturated heterocycles. The van der Waals surface area contributed by atoms with Gasteiger partial charge in [-0.2, -0.15) is 0 Å². The lowest BCUT2D eigenvalue weighted by Crippen LogP contribution is -2.30. The van der Waals surface area contributed by atoms with Crippen molar-refractivity contribution < 1.29 is 28.6 Å². The van der Waals surface area contributed by atoms with Crippen molar-refractivity contribution in [3.8, 4) is 0 Å². The first-order valence-electron chi connectivity index (χ1n) is 28.3. The van der Waals surface area contributed by atoms with Crippen LogP contribution in [0.3, 0.4) is 0 Å². The van der Waals surface area contributed by atoms with Gasteiger partial charge in [-0.05, 0) is 89.9 Å². The molecule has 0 saturated carbocycles. The van der Waals surface area contributed by atoms with E-state index in [4.69, 9.17) is 14.2 Å². The van der Waals surface area contributed by atoms with Gasteiger partial charge in [-0.15, -0.1) is 0 Å². The lowest BCUT2D eigenvalue weighted by Gasteiger charge is -2.18. The topological polar surface area (TPSA) is 78.9 Å². The molecule has 0 rings (SSSR count). The number of allylic oxidation sites excluding steroid dienone is 10. The van der Waals surface area contributed by atoms with Crippen molar-refractivity contribution >= 4 is 17.9 Å². The zero-order valence-corrected chi connectivity index (χ0v) is 43.7. The van der Waals surface area contributed by atoms with Crippen molar-refractivity contribution in [2.75, 3.05) is 13.2 Å². The maximum atomic E-state index is 12.8. The Bertz CT molecular complexity index is 1200. The number of unbranched alkanes of at least 4 members (excludes halogenated alkanes) is 32. The molecule has 0 bridgehead atoms. The minimum absolute atomic E-state index is 0.0871. The summed E-state index contributed by atoms with van der Waals surface area (Å²) in [7, 11) is 0. The summed E-state index contributed by atoms with van der Waals surface area (Å²) >= 11 is 0. The van der Waals surface area contributed by atoms with E-state index < -0.39 is 6.10 Å². The summed E-state index contributed by atoms with van der Waals surface area (Å²) in [6.45, 7) is 6.55. The second-order valence-electron chi connectivity index (χ2n) is 18.9. The fourth-order valence-electron chi connectivity index (χ4n) is 7.93. The van der Waals surface area contributed by atoms with Gasteiger partial charge in [0.1, 0.15) is 13.2 Å². The number of hydrogen-bond acceptors (Lipinski definition) is 6. The quantitative estimate of drug-likeness (QED) is 0.0199. The van der Waals surface area contributed by atoms with Crippen molar-refractivity contribution in [1.82, 2.24) is 0 Å². The summed E-state index contributed by atoms with van der Waals surface area (Å²) < 4.78 is 16.8. The zero-order chi connectivity index (χ0) is 47.9. The van der Waals surface area contributed by atoms with E-state index in [0.29, 0.717) is 19.3 Å². The van der Waals surface area contributed by atoms with Gasteiger partial charge < -0.3 is 14.2 Å². The molecular formula is C60H106O6. The highest BCUT2D eigenvalue weighted by Crippen LogP contribution is 2.15. The summed E-state index contributed by atoms with van der Waals surface area (Å²) in [6.07, 6.45) is 67.8. The van der Waals surface area contributed by atoms with Gasteiger partial charge >= 0.3 is 17.9 Å². The molecular weight excluding hydrogens is 817 g/mol. The molecule has 0 aromatic heterocycles. The second kappa shape index (κ2) is 54.7. The minimum Gasteiger partial charge on any atom is -0.462 e. The first kappa shape index (κ1) is 63.1. The Kier molecular flexibility index (Phi) is 52.3. The summed E-state index contributed by atoms with van der Waals surface area (Å²) in [6, 6.07) is 0. The van der Waals surface area contributed by atoms with Gasteiger partial charge in [0.25, 0.3) is 0 Å². The van der Waals surface area contributed by atoms with E-state index in [-0.39, 0.29) is 31.1 Å². The summed E-state index contributed by atoms with van der Waals surface area (Å²) in [5, 5.41) is 0. The third-order valence-corrected chi connectivity index (χ3v) is 12.3. The third kappa shape index (κ3) is 52.1. The highest BCUT2D eigenvalue weighted by atomic mass is 16.6. The predicted molar refractivity (Wildman–Crippen MR) is 284 cm³/mol. The van der Waals surface area contributed by atoms with Crippen molar-refractivity contribution in [1.29, 1.82) is 0 Å². The van der Waals surface area contributed by atoms with Gasteiger partial charge in [-0.3, -0.25) is 14.4 Å². The average molecular weight is 924 g/mol. The average Bonchev–Trinajstić information content (AvgIpc) is 3.31. The largest absolute Gasteiger partial charge is 0.462 e. The Balaban J connectivity index is 4.35. The first-order chi connectivity index (χ1) is 32.5. The van der Waals surface area contributed by atoms with E-state index in [1.165, 1.54) is 161 Å². The van der Waals surface area contributed by atoms with Crippen LogP contribution < -0.4 is 0 Å². The maximum absolute atomic E-state index is 12.8. The Morgan fingerprint density at radius 2 is 0.561 bits per heavy atom. The molecule has 0 N–H and O–H groups in total. The fourth-order valence-corrected chi connectivity index (χ4v) is 7.93. The molecule has 0 aromatic rings. The van der Waals surface area contributed by atoms with Gasteiger partial charge in [-0.1, -0.05) is 236 Å². The smallest absolute Gasteiger partial charge is 0.306 e. The van der Waals surface area contributed by atoms with Crippen LogP contribution >= 0.6 is 0 Å². The van der Waals surface area contributed by atoms with Crippen LogP contribution in [0.5, 0.6) is 0 Å². The van der Waals surface area contributed by atoms with Crippen LogP contribution in [0.1, 0.15) is 284 Å². The number of ether oxygens (including phenoxy) is 3. The lowest BCUT2D eigenvalue weighted by atomic mass is 10.1. The molecule has 0 amide bonds. The normalized spacial score (nSPS) is 12.5. The van der Waals surface area contributed by atoms with E-state index in [0.717, 1.165) is 83.5 Å². The molecule has 0 spiro atoms. The van der Waals surface area contributed by atoms with Crippen LogP contribution in [-0.2, 0) is 28.6 Å². The van der Waals surface area contributed by atoms with Gasteiger partial charge in [0.05, 0.1) is 0 Å². The van der Waals surface area contributed by atoms with Gasteiger partial charge in [0, 0.05) is 19.3 Å². The van der Waals surface area contributed by atoms with Crippen LogP contribution in [0, 0.1) is 0 Å². The van der Waals surface area contributed by atoms with Crippen molar-refractivity contribution in [2.24, 2.45) is 0 Å². The van der Waals surface area contributed by atoms with Crippen LogP contribution in [0.15, 0.2) is 60.8 Å². The van der Waals surface area contributed by atoms with Gasteiger partial charge in [0.15, 0.2) is 6.10 Å². The lowest BCUT2D eigenvalue weighted by molar-refractivity contribution is -0.167. The van der Waals surface area contributed by atoms with Gasteiger partial charge in [-0.25, -0.2) is 0 Å². The van der Waals surface area contributed by atoms with E-state index in [9.17, 15) is 14.4 Å². The minimum atomic E-state index is -0.790. The molecule has 0 aliphatic carbocycles. The fraction of sp³-hybridized carbons (Fsp3) is 0.783. The van der Waals surface area contributed by atoms with E-state index in [2.05, 4.69) is 81.5 Å². The molecule has 6 nitrogen and oxygen atoms in total. The zero-order valence-electron chi connectivity index (χ0n) is 43.7. The first-order valence-corrected chi connectivity index (χ1v) is 28.3. The number of carbonyl (C=O) groups is 3. The van der Waals surface area contributed by atoms with Crippen LogP contribution in [0.25, 0.3) is 0 Å². The van der Waals surface area contributed by atoms with Crippen LogP contribution in [0.2, 0.25) is 0 Å². The van der Waals surface area contributed by atoms with E-state index in [1.54, 1.807) is 0 Å². The third-order valence-electron chi connectivity index (χ3n) is 12.3. The Labute approximate surface area is 409 Å². The summed E-state index contributed by atoms with van der Waals surface area (Å²) in [5.74, 6) is -0.919. The molecule has 0 fully saturated rings. The van der Waals surface area contributed by atoms with E-state index in [1.807, 2.05) is 0 Å². The van der Waals surface area contributed by atoms with Crippen molar-refractivity contribution in [3.05, 3.63) is 60.8 Å². The molecule has 0 aliphatic heterocycles. The molecule has 382 valence electrons. The molecule has 66 heavy (non-hydrogen) atoms. The highest BCUT2D eigenvalue weighted by Gasteiger charge is 2.19. The number of rotatable bonds is 51. The summed E-state index contributed by atoms with van der Waals surface area (Å²) in [4.78, 5) is 38.1. The number of esters is 3. The molecule has 0 aromatic carbocycles. The van der Waals surface area contributed by atoms with Gasteiger partial charge in [0.2, 0.25) is 0 Å². The standard InChI is InChI=1S/C60H106O6/c1-4-7-10-13-16-19-22-24-26-28-30-32-33-35-38-41-44-47-50-53-59(62)65-56-57(55-64-58(61)52-49-46-43-40-37-21-18-15-12-9-6-3)66-60(63)54-51-48-45-42-39-36-34-31-29-27-25-23-20-17-14-11-8-5-2/h15-16,18-19,21-22,24,31,34,37,57H,4-14,17,20,23,25-30,32-33,35-36,38-56H2,1-3H3/b18-15-,19-16-,24-22-,34-31-,37-21-. The Hall–Kier alpha value is -2.89. The van der Waals surface area contributed by atoms with Crippen molar-refractivity contribution in [3.63, 3.8) is 0 Å². The van der Waals surface area contributed by atoms with Crippen LogP contribution in [-0.4, -0.2) is 37.2 Å². The van der Waals surface area contributed by atoms with E-state index >= 15 is 0 Å². The number of carbonyl (C=O) groups excluding carboxylic acids is 3. The summed E-state index contributed by atoms with van der Waals surface area (Å²) in [5.41, 5.74) is 0. The Morgan fingerprint density at radius 3 is 0.939 bits per heavy atom. The monoisotopic (exact) mass is 923 g/mol. The predicted octanol–water partition coefficient (Wildman–Crippen LogP) is 18.8. The molecule has 0 heterocycles. The highest BCUT2D eigenvalue weighted by molar-refractivity contribution is 5.71. The molecule has 1 unspecified atom stereocenters. The van der Waals surface area contributed by atoms with Crippen molar-refractivity contribution in [2.45, 2.75) is 290 Å². The number of hydrogen-bond donors (Lipinski definition) is 0. The SMILES string of the molecule is CCCC/C=C\C=C/CCCCCC(=O)OCC(COC(=O)CCCCCCCCCCCC/C=C\C=C/CCCCC)OC(=O)CCCCCCC/C=C\CCCCCCCCCCC. The maximum Gasteiger partial charge on any atom is 0.306 e. The molecule has 6 heteroatoms. The van der Waals surface area contributed by atoms with Crippen LogP contribution in [0.4, 0.5) is 0 Å². The molecule has 1 atom stereocenters. The Morgan fingerprint density at radius 1 is 0.303 bits per heavy atom.